The zero-order chi connectivity index (χ0) is 16.2. The Morgan fingerprint density at radius 2 is 2.13 bits per heavy atom. The van der Waals surface area contributed by atoms with Gasteiger partial charge >= 0.3 is 0 Å². The summed E-state index contributed by atoms with van der Waals surface area (Å²) in [4.78, 5) is 30.6. The summed E-state index contributed by atoms with van der Waals surface area (Å²) in [6, 6.07) is 6.65. The third kappa shape index (κ3) is 3.65. The average Bonchev–Trinajstić information content (AvgIpc) is 2.55. The van der Waals surface area contributed by atoms with E-state index in [1.165, 1.54) is 6.07 Å². The van der Waals surface area contributed by atoms with Gasteiger partial charge in [-0.15, -0.1) is 0 Å². The molecule has 2 N–H and O–H groups in total. The number of nitrogens with one attached hydrogen (secondary N) is 2. The van der Waals surface area contributed by atoms with Gasteiger partial charge in [-0.05, 0) is 43.5 Å². The summed E-state index contributed by atoms with van der Waals surface area (Å²) in [5, 5.41) is 3.00. The van der Waals surface area contributed by atoms with Gasteiger partial charge in [0.2, 0.25) is 5.56 Å². The Morgan fingerprint density at radius 1 is 1.35 bits per heavy atom. The molecule has 1 aliphatic heterocycles. The van der Waals surface area contributed by atoms with Gasteiger partial charge in [0.05, 0.1) is 6.04 Å². The highest BCUT2D eigenvalue weighted by Crippen LogP contribution is 2.28. The molecular formula is C17H19N3O3. The molecule has 1 amide bonds. The van der Waals surface area contributed by atoms with Crippen molar-refractivity contribution < 1.29 is 9.53 Å². The van der Waals surface area contributed by atoms with E-state index in [4.69, 9.17) is 4.74 Å². The third-order valence-electron chi connectivity index (χ3n) is 3.91. The first kappa shape index (κ1) is 15.4. The summed E-state index contributed by atoms with van der Waals surface area (Å²) >= 11 is 0. The number of carbonyl (C=O) groups excluding carboxylic acids is 1. The molecule has 0 aromatic carbocycles. The summed E-state index contributed by atoms with van der Waals surface area (Å²) < 4.78 is 5.85. The zero-order valence-corrected chi connectivity index (χ0v) is 12.9. The molecule has 2 atom stereocenters. The fourth-order valence-electron chi connectivity index (χ4n) is 2.88. The van der Waals surface area contributed by atoms with Crippen LogP contribution in [0.4, 0.5) is 0 Å². The highest BCUT2D eigenvalue weighted by molar-refractivity contribution is 5.94. The molecule has 0 unspecified atom stereocenters. The first-order valence-corrected chi connectivity index (χ1v) is 7.67. The number of aryl methyl sites for hydroxylation is 1. The Morgan fingerprint density at radius 3 is 2.87 bits per heavy atom. The number of nitrogens with zero attached hydrogens (tertiary/aromatic N) is 1. The Labute approximate surface area is 133 Å². The standard InChI is InChI=1S/C17H19N3O3/c1-11-9-13(10-15(21)19-11)17(22)20-14-3-2-8-23-16(14)12-4-6-18-7-5-12/h4-7,9-10,14,16H,2-3,8H2,1H3,(H,19,21)(H,20,22)/t14-,16+/m0/s1. The molecular weight excluding hydrogens is 294 g/mol. The lowest BCUT2D eigenvalue weighted by Crippen LogP contribution is -2.43. The maximum absolute atomic E-state index is 12.5. The second-order valence-corrected chi connectivity index (χ2v) is 5.71. The van der Waals surface area contributed by atoms with Crippen LogP contribution in [0, 0.1) is 6.92 Å². The summed E-state index contributed by atoms with van der Waals surface area (Å²) in [5.41, 5.74) is 1.74. The van der Waals surface area contributed by atoms with Crippen molar-refractivity contribution in [3.05, 3.63) is 63.8 Å². The minimum Gasteiger partial charge on any atom is -0.371 e. The first-order chi connectivity index (χ1) is 11.1. The van der Waals surface area contributed by atoms with Crippen molar-refractivity contribution in [1.29, 1.82) is 0 Å². The van der Waals surface area contributed by atoms with Crippen LogP contribution in [0.25, 0.3) is 0 Å². The van der Waals surface area contributed by atoms with Gasteiger partial charge < -0.3 is 15.0 Å². The van der Waals surface area contributed by atoms with Crippen molar-refractivity contribution in [2.24, 2.45) is 0 Å². The Hall–Kier alpha value is -2.47. The molecule has 120 valence electrons. The highest BCUT2D eigenvalue weighted by Gasteiger charge is 2.29. The SMILES string of the molecule is Cc1cc(C(=O)N[C@H]2CCCO[C@@H]2c2ccncc2)cc(=O)[nH]1. The van der Waals surface area contributed by atoms with E-state index in [0.717, 1.165) is 18.4 Å². The van der Waals surface area contributed by atoms with E-state index in [-0.39, 0.29) is 23.6 Å². The van der Waals surface area contributed by atoms with Crippen LogP contribution in [0.3, 0.4) is 0 Å². The third-order valence-corrected chi connectivity index (χ3v) is 3.91. The normalized spacial score (nSPS) is 20.9. The number of aromatic nitrogens is 2. The number of rotatable bonds is 3. The number of pyridine rings is 2. The van der Waals surface area contributed by atoms with Gasteiger partial charge in [0.25, 0.3) is 5.91 Å². The summed E-state index contributed by atoms with van der Waals surface area (Å²) in [7, 11) is 0. The van der Waals surface area contributed by atoms with Crippen molar-refractivity contribution in [2.45, 2.75) is 31.9 Å². The molecule has 3 heterocycles. The van der Waals surface area contributed by atoms with Gasteiger partial charge in [-0.2, -0.15) is 0 Å². The molecule has 6 heteroatoms. The predicted molar refractivity (Wildman–Crippen MR) is 85.2 cm³/mol. The van der Waals surface area contributed by atoms with Gasteiger partial charge in [-0.1, -0.05) is 0 Å². The van der Waals surface area contributed by atoms with Crippen molar-refractivity contribution in [3.8, 4) is 0 Å². The molecule has 3 rings (SSSR count). The molecule has 0 spiro atoms. The minimum absolute atomic E-state index is 0.127. The van der Waals surface area contributed by atoms with Gasteiger partial charge in [0.15, 0.2) is 0 Å². The van der Waals surface area contributed by atoms with Crippen LogP contribution in [-0.4, -0.2) is 28.5 Å². The molecule has 0 saturated carbocycles. The molecule has 1 aliphatic rings. The summed E-state index contributed by atoms with van der Waals surface area (Å²) in [6.07, 6.45) is 4.96. The first-order valence-electron chi connectivity index (χ1n) is 7.67. The Kier molecular flexibility index (Phi) is 4.52. The molecule has 2 aromatic heterocycles. The minimum atomic E-state index is -0.277. The summed E-state index contributed by atoms with van der Waals surface area (Å²) in [5.74, 6) is -0.256. The molecule has 1 saturated heterocycles. The number of aromatic amines is 1. The van der Waals surface area contributed by atoms with Crippen LogP contribution in [0.2, 0.25) is 0 Å². The van der Waals surface area contributed by atoms with Crippen LogP contribution in [0.1, 0.15) is 40.6 Å². The number of hydrogen-bond acceptors (Lipinski definition) is 4. The van der Waals surface area contributed by atoms with Crippen LogP contribution in [0.15, 0.2) is 41.5 Å². The quantitative estimate of drug-likeness (QED) is 0.904. The zero-order valence-electron chi connectivity index (χ0n) is 12.9. The van der Waals surface area contributed by atoms with Gasteiger partial charge in [-0.25, -0.2) is 0 Å². The highest BCUT2D eigenvalue weighted by atomic mass is 16.5. The van der Waals surface area contributed by atoms with Crippen molar-refractivity contribution >= 4 is 5.91 Å². The topological polar surface area (TPSA) is 84.1 Å². The van der Waals surface area contributed by atoms with Crippen molar-refractivity contribution in [3.63, 3.8) is 0 Å². The van der Waals surface area contributed by atoms with E-state index in [9.17, 15) is 9.59 Å². The van der Waals surface area contributed by atoms with E-state index in [2.05, 4.69) is 15.3 Å². The fourth-order valence-corrected chi connectivity index (χ4v) is 2.88. The van der Waals surface area contributed by atoms with Crippen LogP contribution in [-0.2, 0) is 4.74 Å². The molecule has 1 fully saturated rings. The van der Waals surface area contributed by atoms with Crippen LogP contribution >= 0.6 is 0 Å². The van der Waals surface area contributed by atoms with E-state index in [1.54, 1.807) is 25.4 Å². The second-order valence-electron chi connectivity index (χ2n) is 5.71. The van der Waals surface area contributed by atoms with Crippen LogP contribution in [0.5, 0.6) is 0 Å². The largest absolute Gasteiger partial charge is 0.371 e. The number of carbonyl (C=O) groups is 1. The smallest absolute Gasteiger partial charge is 0.251 e. The number of amides is 1. The van der Waals surface area contributed by atoms with Crippen molar-refractivity contribution in [2.75, 3.05) is 6.61 Å². The molecule has 6 nitrogen and oxygen atoms in total. The lowest BCUT2D eigenvalue weighted by Gasteiger charge is -2.32. The van der Waals surface area contributed by atoms with E-state index in [1.807, 2.05) is 12.1 Å². The number of hydrogen-bond donors (Lipinski definition) is 2. The number of ether oxygens (including phenoxy) is 1. The predicted octanol–water partition coefficient (Wildman–Crippen LogP) is 1.73. The van der Waals surface area contributed by atoms with E-state index in [0.29, 0.717) is 17.9 Å². The molecule has 23 heavy (non-hydrogen) atoms. The summed E-state index contributed by atoms with van der Waals surface area (Å²) in [6.45, 7) is 2.42. The molecule has 2 aromatic rings. The van der Waals surface area contributed by atoms with Gasteiger partial charge in [0, 0.05) is 36.3 Å². The van der Waals surface area contributed by atoms with Gasteiger partial charge in [0.1, 0.15) is 6.10 Å². The van der Waals surface area contributed by atoms with Crippen LogP contribution < -0.4 is 10.9 Å². The molecule has 0 bridgehead atoms. The van der Waals surface area contributed by atoms with E-state index < -0.39 is 0 Å². The number of H-pyrrole nitrogens is 1. The monoisotopic (exact) mass is 313 g/mol. The van der Waals surface area contributed by atoms with Crippen molar-refractivity contribution in [1.82, 2.24) is 15.3 Å². The Bertz CT molecular complexity index is 742. The fraction of sp³-hybridized carbons (Fsp3) is 0.353. The second kappa shape index (κ2) is 6.75. The Balaban J connectivity index is 1.79. The molecule has 0 radical (unpaired) electrons. The van der Waals surface area contributed by atoms with E-state index >= 15 is 0 Å². The maximum atomic E-state index is 12.5. The lowest BCUT2D eigenvalue weighted by molar-refractivity contribution is -0.00950. The molecule has 0 aliphatic carbocycles. The lowest BCUT2D eigenvalue weighted by atomic mass is 9.96. The maximum Gasteiger partial charge on any atom is 0.251 e. The van der Waals surface area contributed by atoms with Gasteiger partial charge in [-0.3, -0.25) is 14.6 Å². The average molecular weight is 313 g/mol.